The molecule has 0 spiro atoms. The van der Waals surface area contributed by atoms with E-state index in [0.717, 1.165) is 53.9 Å². The van der Waals surface area contributed by atoms with Gasteiger partial charge < -0.3 is 20.4 Å². The molecule has 0 unspecified atom stereocenters. The zero-order chi connectivity index (χ0) is 25.1. The largest absolute Gasteiger partial charge is 0.369 e. The van der Waals surface area contributed by atoms with Gasteiger partial charge in [0.15, 0.2) is 0 Å². The SMILES string of the molecule is C=CC(=O)Nc1cccc(-c2c(Cl)ccc3cnc(Nc4ccc(N5CCN(C)CC5)cc4)nc23)c1. The van der Waals surface area contributed by atoms with Gasteiger partial charge in [0.05, 0.1) is 10.5 Å². The van der Waals surface area contributed by atoms with E-state index >= 15 is 0 Å². The average molecular weight is 499 g/mol. The van der Waals surface area contributed by atoms with Crippen molar-refractivity contribution < 1.29 is 4.79 Å². The Morgan fingerprint density at radius 3 is 2.56 bits per heavy atom. The first kappa shape index (κ1) is 23.8. The van der Waals surface area contributed by atoms with Crippen LogP contribution in [0.3, 0.4) is 0 Å². The minimum atomic E-state index is -0.274. The van der Waals surface area contributed by atoms with E-state index in [2.05, 4.69) is 51.2 Å². The highest BCUT2D eigenvalue weighted by Gasteiger charge is 2.15. The number of piperazine rings is 1. The van der Waals surface area contributed by atoms with Gasteiger partial charge in [0.25, 0.3) is 0 Å². The van der Waals surface area contributed by atoms with Gasteiger partial charge in [-0.3, -0.25) is 4.79 Å². The Labute approximate surface area is 215 Å². The van der Waals surface area contributed by atoms with Crippen molar-refractivity contribution in [2.75, 3.05) is 48.8 Å². The topological polar surface area (TPSA) is 73.4 Å². The molecule has 5 rings (SSSR count). The maximum Gasteiger partial charge on any atom is 0.247 e. The Kier molecular flexibility index (Phi) is 6.84. The normalized spacial score (nSPS) is 14.0. The van der Waals surface area contributed by atoms with Crippen LogP contribution in [0.1, 0.15) is 0 Å². The first-order chi connectivity index (χ1) is 17.5. The Morgan fingerprint density at radius 1 is 1.03 bits per heavy atom. The van der Waals surface area contributed by atoms with E-state index in [4.69, 9.17) is 16.6 Å². The number of fused-ring (bicyclic) bond motifs is 1. The van der Waals surface area contributed by atoms with Crippen molar-refractivity contribution in [3.63, 3.8) is 0 Å². The van der Waals surface area contributed by atoms with Crippen LogP contribution in [-0.4, -0.2) is 54.0 Å². The highest BCUT2D eigenvalue weighted by molar-refractivity contribution is 6.35. The number of likely N-dealkylation sites (N-methyl/N-ethyl adjacent to an activating group) is 1. The Hall–Kier alpha value is -3.94. The van der Waals surface area contributed by atoms with Crippen LogP contribution in [0.2, 0.25) is 5.02 Å². The molecule has 182 valence electrons. The summed E-state index contributed by atoms with van der Waals surface area (Å²) < 4.78 is 0. The van der Waals surface area contributed by atoms with Crippen LogP contribution in [0.25, 0.3) is 22.0 Å². The average Bonchev–Trinajstić information content (AvgIpc) is 2.89. The lowest BCUT2D eigenvalue weighted by atomic mass is 10.0. The number of halogens is 1. The molecule has 1 aromatic heterocycles. The molecule has 1 aliphatic heterocycles. The van der Waals surface area contributed by atoms with Crippen LogP contribution < -0.4 is 15.5 Å². The van der Waals surface area contributed by atoms with Crippen LogP contribution in [0.4, 0.5) is 23.0 Å². The van der Waals surface area contributed by atoms with Crippen LogP contribution >= 0.6 is 11.6 Å². The van der Waals surface area contributed by atoms with Gasteiger partial charge in [-0.15, -0.1) is 0 Å². The van der Waals surface area contributed by atoms with Gasteiger partial charge in [-0.25, -0.2) is 9.97 Å². The second kappa shape index (κ2) is 10.4. The van der Waals surface area contributed by atoms with Crippen molar-refractivity contribution >= 4 is 51.4 Å². The highest BCUT2D eigenvalue weighted by Crippen LogP contribution is 2.36. The van der Waals surface area contributed by atoms with Gasteiger partial charge in [-0.2, -0.15) is 0 Å². The fourth-order valence-electron chi connectivity index (χ4n) is 4.30. The van der Waals surface area contributed by atoms with Crippen molar-refractivity contribution in [1.82, 2.24) is 14.9 Å². The third kappa shape index (κ3) is 5.17. The molecule has 0 radical (unpaired) electrons. The van der Waals surface area contributed by atoms with Gasteiger partial charge >= 0.3 is 0 Å². The predicted octanol–water partition coefficient (Wildman–Crippen LogP) is 5.57. The molecule has 36 heavy (non-hydrogen) atoms. The van der Waals surface area contributed by atoms with Gasteiger partial charge in [-0.05, 0) is 67.2 Å². The highest BCUT2D eigenvalue weighted by atomic mass is 35.5. The fourth-order valence-corrected chi connectivity index (χ4v) is 4.56. The van der Waals surface area contributed by atoms with Gasteiger partial charge in [0.2, 0.25) is 11.9 Å². The van der Waals surface area contributed by atoms with E-state index in [-0.39, 0.29) is 5.91 Å². The molecule has 2 N–H and O–H groups in total. The number of rotatable bonds is 6. The van der Waals surface area contributed by atoms with Crippen molar-refractivity contribution in [2.24, 2.45) is 0 Å². The molecule has 8 heteroatoms. The summed E-state index contributed by atoms with van der Waals surface area (Å²) in [5.74, 6) is 0.207. The van der Waals surface area contributed by atoms with E-state index in [1.165, 1.54) is 11.8 Å². The molecule has 7 nitrogen and oxygen atoms in total. The lowest BCUT2D eigenvalue weighted by Gasteiger charge is -2.34. The van der Waals surface area contributed by atoms with E-state index in [1.54, 1.807) is 6.20 Å². The first-order valence-electron chi connectivity index (χ1n) is 11.8. The summed E-state index contributed by atoms with van der Waals surface area (Å²) in [7, 11) is 2.16. The molecule has 1 amide bonds. The molecule has 2 heterocycles. The number of nitrogens with one attached hydrogen (secondary N) is 2. The Bertz CT molecular complexity index is 1410. The smallest absolute Gasteiger partial charge is 0.247 e. The second-order valence-electron chi connectivity index (χ2n) is 8.79. The Balaban J connectivity index is 1.43. The fraction of sp³-hybridized carbons (Fsp3) is 0.179. The number of carbonyl (C=O) groups excluding carboxylic acids is 1. The molecule has 0 saturated carbocycles. The predicted molar refractivity (Wildman–Crippen MR) is 148 cm³/mol. The van der Waals surface area contributed by atoms with E-state index < -0.39 is 0 Å². The molecule has 1 saturated heterocycles. The van der Waals surface area contributed by atoms with E-state index in [0.29, 0.717) is 16.7 Å². The molecule has 0 atom stereocenters. The van der Waals surface area contributed by atoms with Crippen molar-refractivity contribution in [3.05, 3.63) is 84.5 Å². The maximum absolute atomic E-state index is 11.8. The van der Waals surface area contributed by atoms with E-state index in [9.17, 15) is 4.79 Å². The number of amides is 1. The Morgan fingerprint density at radius 2 is 1.81 bits per heavy atom. The van der Waals surface area contributed by atoms with Crippen LogP contribution in [0.15, 0.2) is 79.5 Å². The summed E-state index contributed by atoms with van der Waals surface area (Å²) in [4.78, 5) is 25.8. The summed E-state index contributed by atoms with van der Waals surface area (Å²) in [6, 6.07) is 19.6. The molecule has 1 aliphatic rings. The van der Waals surface area contributed by atoms with Crippen LogP contribution in [0.5, 0.6) is 0 Å². The second-order valence-corrected chi connectivity index (χ2v) is 9.20. The summed E-state index contributed by atoms with van der Waals surface area (Å²) >= 11 is 6.64. The third-order valence-corrected chi connectivity index (χ3v) is 6.61. The number of hydrogen-bond donors (Lipinski definition) is 2. The van der Waals surface area contributed by atoms with Crippen molar-refractivity contribution in [3.8, 4) is 11.1 Å². The zero-order valence-corrected chi connectivity index (χ0v) is 20.8. The van der Waals surface area contributed by atoms with Gasteiger partial charge in [0.1, 0.15) is 0 Å². The number of nitrogens with zero attached hydrogens (tertiary/aromatic N) is 4. The van der Waals surface area contributed by atoms with Crippen LogP contribution in [-0.2, 0) is 4.79 Å². The summed E-state index contributed by atoms with van der Waals surface area (Å²) in [6.45, 7) is 7.70. The lowest BCUT2D eigenvalue weighted by molar-refractivity contribution is -0.111. The minimum absolute atomic E-state index is 0.274. The summed E-state index contributed by atoms with van der Waals surface area (Å²) in [5.41, 5.74) is 5.11. The molecule has 1 fully saturated rings. The van der Waals surface area contributed by atoms with Crippen molar-refractivity contribution in [1.29, 1.82) is 0 Å². The van der Waals surface area contributed by atoms with Crippen LogP contribution in [0, 0.1) is 0 Å². The number of anilines is 4. The summed E-state index contributed by atoms with van der Waals surface area (Å²) in [6.07, 6.45) is 3.02. The molecular formula is C28H27ClN6O. The van der Waals surface area contributed by atoms with Gasteiger partial charge in [0, 0.05) is 60.4 Å². The first-order valence-corrected chi connectivity index (χ1v) is 12.2. The lowest BCUT2D eigenvalue weighted by Crippen LogP contribution is -2.44. The number of benzene rings is 3. The summed E-state index contributed by atoms with van der Waals surface area (Å²) in [5, 5.41) is 7.54. The molecule has 3 aromatic carbocycles. The van der Waals surface area contributed by atoms with E-state index in [1.807, 2.05) is 48.5 Å². The number of hydrogen-bond acceptors (Lipinski definition) is 6. The molecule has 0 bridgehead atoms. The maximum atomic E-state index is 11.8. The molecular weight excluding hydrogens is 472 g/mol. The number of carbonyl (C=O) groups is 1. The zero-order valence-electron chi connectivity index (χ0n) is 20.0. The third-order valence-electron chi connectivity index (χ3n) is 6.30. The molecule has 4 aromatic rings. The minimum Gasteiger partial charge on any atom is -0.369 e. The number of aromatic nitrogens is 2. The monoisotopic (exact) mass is 498 g/mol. The quantitative estimate of drug-likeness (QED) is 0.338. The molecule has 0 aliphatic carbocycles. The van der Waals surface area contributed by atoms with Crippen molar-refractivity contribution in [2.45, 2.75) is 0 Å². The van der Waals surface area contributed by atoms with Gasteiger partial charge in [-0.1, -0.05) is 30.3 Å². The standard InChI is InChI=1S/C28H27ClN6O/c1-3-25(36)31-22-6-4-5-19(17-22)26-24(29)12-7-20-18-30-28(33-27(20)26)32-21-8-10-23(11-9-21)35-15-13-34(2)14-16-35/h3-12,17-18H,1,13-16H2,2H3,(H,31,36)(H,30,32,33).